The Morgan fingerprint density at radius 3 is 2.59 bits per heavy atom. The minimum absolute atomic E-state index is 0.327. The van der Waals surface area contributed by atoms with Crippen LogP contribution in [-0.2, 0) is 6.54 Å². The second kappa shape index (κ2) is 4.70. The van der Waals surface area contributed by atoms with E-state index in [0.717, 1.165) is 38.3 Å². The number of aliphatic hydroxyl groups excluding tert-OH is 1. The summed E-state index contributed by atoms with van der Waals surface area (Å²) in [6.07, 6.45) is 4.60. The normalized spacial score (nSPS) is 23.1. The van der Waals surface area contributed by atoms with Crippen molar-refractivity contribution in [3.63, 3.8) is 0 Å². The van der Waals surface area contributed by atoms with E-state index in [4.69, 9.17) is 5.11 Å². The Morgan fingerprint density at radius 2 is 1.94 bits per heavy atom. The van der Waals surface area contributed by atoms with Crippen molar-refractivity contribution in [2.45, 2.75) is 38.3 Å². The Hall–Kier alpha value is -1.01. The smallest absolute Gasteiger partial charge is 0.165 e. The van der Waals surface area contributed by atoms with E-state index in [9.17, 15) is 0 Å². The number of hydrogen-bond acceptors (Lipinski definition) is 5. The Bertz CT molecular complexity index is 368. The van der Waals surface area contributed by atoms with Crippen LogP contribution in [0.25, 0.3) is 0 Å². The summed E-state index contributed by atoms with van der Waals surface area (Å²) >= 11 is 0. The molecule has 6 heteroatoms. The lowest BCUT2D eigenvalue weighted by molar-refractivity contribution is 0.124. The van der Waals surface area contributed by atoms with Gasteiger partial charge < -0.3 is 5.11 Å². The highest BCUT2D eigenvalue weighted by Gasteiger charge is 2.28. The van der Waals surface area contributed by atoms with Gasteiger partial charge in [0.2, 0.25) is 0 Å². The van der Waals surface area contributed by atoms with Crippen LogP contribution < -0.4 is 0 Å². The lowest BCUT2D eigenvalue weighted by Crippen LogP contribution is -2.35. The molecule has 0 spiro atoms. The molecule has 6 nitrogen and oxygen atoms in total. The topological polar surface area (TPSA) is 67.1 Å². The van der Waals surface area contributed by atoms with Crippen LogP contribution in [0.2, 0.25) is 0 Å². The van der Waals surface area contributed by atoms with Gasteiger partial charge in [0.1, 0.15) is 0 Å². The number of likely N-dealkylation sites (tertiary alicyclic amines) is 1. The van der Waals surface area contributed by atoms with E-state index in [-0.39, 0.29) is 0 Å². The van der Waals surface area contributed by atoms with Gasteiger partial charge in [-0.3, -0.25) is 4.90 Å². The van der Waals surface area contributed by atoms with Gasteiger partial charge in [0, 0.05) is 6.61 Å². The maximum atomic E-state index is 9.10. The third kappa shape index (κ3) is 2.47. The van der Waals surface area contributed by atoms with E-state index in [1.807, 2.05) is 4.68 Å². The van der Waals surface area contributed by atoms with Crippen molar-refractivity contribution in [1.29, 1.82) is 0 Å². The Morgan fingerprint density at radius 1 is 1.18 bits per heavy atom. The predicted molar refractivity (Wildman–Crippen MR) is 61.2 cm³/mol. The molecule has 0 bridgehead atoms. The minimum atomic E-state index is 0.327. The van der Waals surface area contributed by atoms with Crippen molar-refractivity contribution in [2.75, 3.05) is 19.7 Å². The molecule has 3 rings (SSSR count). The van der Waals surface area contributed by atoms with Crippen molar-refractivity contribution in [3.05, 3.63) is 5.82 Å². The van der Waals surface area contributed by atoms with Gasteiger partial charge >= 0.3 is 0 Å². The maximum absolute atomic E-state index is 9.10. The third-order valence-corrected chi connectivity index (χ3v) is 3.78. The van der Waals surface area contributed by atoms with Crippen molar-refractivity contribution in [1.82, 2.24) is 25.1 Å². The number of aliphatic hydroxyl groups is 1. The molecule has 1 aliphatic carbocycles. The molecule has 1 N–H and O–H groups in total. The van der Waals surface area contributed by atoms with Crippen molar-refractivity contribution >= 4 is 0 Å². The second-order valence-electron chi connectivity index (χ2n) is 5.17. The molecule has 1 saturated heterocycles. The molecule has 0 radical (unpaired) electrons. The molecular formula is C11H19N5O. The van der Waals surface area contributed by atoms with E-state index in [1.165, 1.54) is 12.8 Å². The van der Waals surface area contributed by atoms with Crippen LogP contribution in [0.3, 0.4) is 0 Å². The molecule has 1 aliphatic heterocycles. The zero-order valence-corrected chi connectivity index (χ0v) is 9.99. The summed E-state index contributed by atoms with van der Waals surface area (Å²) in [5.74, 6) is 1.49. The van der Waals surface area contributed by atoms with E-state index in [0.29, 0.717) is 18.6 Å². The summed E-state index contributed by atoms with van der Waals surface area (Å²) in [6, 6.07) is 0.551. The number of piperidine rings is 1. The molecule has 2 aliphatic rings. The zero-order valence-electron chi connectivity index (χ0n) is 9.99. The molecular weight excluding hydrogens is 218 g/mol. The number of tetrazole rings is 1. The van der Waals surface area contributed by atoms with Crippen LogP contribution in [0.15, 0.2) is 0 Å². The van der Waals surface area contributed by atoms with Gasteiger partial charge in [0.15, 0.2) is 5.82 Å². The largest absolute Gasteiger partial charge is 0.396 e. The van der Waals surface area contributed by atoms with Crippen LogP contribution in [0, 0.1) is 5.92 Å². The first-order valence-corrected chi connectivity index (χ1v) is 6.47. The highest BCUT2D eigenvalue weighted by atomic mass is 16.3. The molecule has 0 amide bonds. The van der Waals surface area contributed by atoms with Crippen LogP contribution in [0.5, 0.6) is 0 Å². The molecule has 1 saturated carbocycles. The Balaban J connectivity index is 1.58. The van der Waals surface area contributed by atoms with Crippen LogP contribution in [0.4, 0.5) is 0 Å². The molecule has 1 aromatic rings. The first-order valence-electron chi connectivity index (χ1n) is 6.47. The SMILES string of the molecule is OCC1CCN(Cc2nnnn2C2CC2)CC1. The number of nitrogens with zero attached hydrogens (tertiary/aromatic N) is 5. The van der Waals surface area contributed by atoms with Gasteiger partial charge in [-0.2, -0.15) is 0 Å². The average molecular weight is 237 g/mol. The van der Waals surface area contributed by atoms with Crippen LogP contribution >= 0.6 is 0 Å². The van der Waals surface area contributed by atoms with Gasteiger partial charge in [0.25, 0.3) is 0 Å². The van der Waals surface area contributed by atoms with Crippen molar-refractivity contribution in [2.24, 2.45) is 5.92 Å². The lowest BCUT2D eigenvalue weighted by atomic mass is 9.98. The first kappa shape index (κ1) is 11.1. The summed E-state index contributed by atoms with van der Waals surface area (Å²) in [6.45, 7) is 3.26. The highest BCUT2D eigenvalue weighted by Crippen LogP contribution is 2.34. The summed E-state index contributed by atoms with van der Waals surface area (Å²) in [4.78, 5) is 2.39. The molecule has 0 aromatic carbocycles. The molecule has 2 fully saturated rings. The van der Waals surface area contributed by atoms with Gasteiger partial charge in [-0.15, -0.1) is 5.10 Å². The molecule has 0 unspecified atom stereocenters. The summed E-state index contributed by atoms with van der Waals surface area (Å²) in [7, 11) is 0. The predicted octanol–water partition coefficient (Wildman–Crippen LogP) is 0.212. The fourth-order valence-electron chi connectivity index (χ4n) is 2.45. The van der Waals surface area contributed by atoms with Crippen molar-refractivity contribution in [3.8, 4) is 0 Å². The van der Waals surface area contributed by atoms with E-state index < -0.39 is 0 Å². The quantitative estimate of drug-likeness (QED) is 0.811. The molecule has 17 heavy (non-hydrogen) atoms. The van der Waals surface area contributed by atoms with Gasteiger partial charge in [0.05, 0.1) is 12.6 Å². The second-order valence-corrected chi connectivity index (χ2v) is 5.17. The highest BCUT2D eigenvalue weighted by molar-refractivity contribution is 4.90. The van der Waals surface area contributed by atoms with Gasteiger partial charge in [-0.25, -0.2) is 4.68 Å². The van der Waals surface area contributed by atoms with E-state index >= 15 is 0 Å². The molecule has 94 valence electrons. The van der Waals surface area contributed by atoms with Crippen LogP contribution in [-0.4, -0.2) is 49.9 Å². The Kier molecular flexibility index (Phi) is 3.07. The molecule has 1 aromatic heterocycles. The fourth-order valence-corrected chi connectivity index (χ4v) is 2.45. The molecule has 0 atom stereocenters. The number of hydrogen-bond donors (Lipinski definition) is 1. The van der Waals surface area contributed by atoms with Gasteiger partial charge in [-0.1, -0.05) is 0 Å². The van der Waals surface area contributed by atoms with Crippen molar-refractivity contribution < 1.29 is 5.11 Å². The lowest BCUT2D eigenvalue weighted by Gasteiger charge is -2.30. The third-order valence-electron chi connectivity index (χ3n) is 3.78. The number of rotatable bonds is 4. The standard InChI is InChI=1S/C11H19N5O/c17-8-9-3-5-15(6-4-9)7-11-12-13-14-16(11)10-1-2-10/h9-10,17H,1-8H2. The zero-order chi connectivity index (χ0) is 11.7. The summed E-state index contributed by atoms with van der Waals surface area (Å²) < 4.78 is 1.98. The minimum Gasteiger partial charge on any atom is -0.396 e. The summed E-state index contributed by atoms with van der Waals surface area (Å²) in [5.41, 5.74) is 0. The first-order chi connectivity index (χ1) is 8.36. The monoisotopic (exact) mass is 237 g/mol. The number of aromatic nitrogens is 4. The maximum Gasteiger partial charge on any atom is 0.165 e. The fraction of sp³-hybridized carbons (Fsp3) is 0.909. The molecule has 2 heterocycles. The average Bonchev–Trinajstić information content (AvgIpc) is 3.11. The Labute approximate surface area is 101 Å². The van der Waals surface area contributed by atoms with Gasteiger partial charge in [-0.05, 0) is 55.1 Å². The van der Waals surface area contributed by atoms with E-state index in [1.54, 1.807) is 0 Å². The van der Waals surface area contributed by atoms with E-state index in [2.05, 4.69) is 20.4 Å². The summed E-state index contributed by atoms with van der Waals surface area (Å²) in [5, 5.41) is 21.1. The van der Waals surface area contributed by atoms with Crippen LogP contribution in [0.1, 0.15) is 37.5 Å².